The highest BCUT2D eigenvalue weighted by Gasteiger charge is 2.30. The Labute approximate surface area is 76.3 Å². The minimum Gasteiger partial charge on any atom is -0.300 e. The lowest BCUT2D eigenvalue weighted by atomic mass is 10.0. The first-order valence-electron chi connectivity index (χ1n) is 4.89. The maximum Gasteiger partial charge on any atom is 0.0488 e. The molecule has 1 N–H and O–H groups in total. The van der Waals surface area contributed by atoms with E-state index in [1.807, 2.05) is 0 Å². The molecule has 0 saturated carbocycles. The van der Waals surface area contributed by atoms with Gasteiger partial charge in [0.25, 0.3) is 0 Å². The molecule has 1 fully saturated rings. The van der Waals surface area contributed by atoms with Gasteiger partial charge in [0.15, 0.2) is 0 Å². The van der Waals surface area contributed by atoms with Gasteiger partial charge in [0.1, 0.15) is 0 Å². The van der Waals surface area contributed by atoms with Crippen LogP contribution in [-0.4, -0.2) is 29.7 Å². The Hall–Kier alpha value is -0.0800. The number of hydrogen-bond acceptors (Lipinski definition) is 2. The van der Waals surface area contributed by atoms with E-state index < -0.39 is 0 Å². The number of nitrogens with zero attached hydrogens (tertiary/aromatic N) is 1. The Morgan fingerprint density at radius 1 is 1.33 bits per heavy atom. The lowest BCUT2D eigenvalue weighted by Crippen LogP contribution is -2.40. The molecule has 1 heterocycles. The first-order chi connectivity index (χ1) is 5.41. The molecule has 2 nitrogen and oxygen atoms in total. The molecule has 12 heavy (non-hydrogen) atoms. The lowest BCUT2D eigenvalue weighted by Gasteiger charge is -2.31. The number of nitrogens with one attached hydrogen (secondary N) is 1. The Morgan fingerprint density at radius 2 is 1.92 bits per heavy atom. The smallest absolute Gasteiger partial charge is 0.0488 e. The second-order valence-corrected chi connectivity index (χ2v) is 5.11. The van der Waals surface area contributed by atoms with Crippen molar-refractivity contribution in [3.8, 4) is 0 Å². The van der Waals surface area contributed by atoms with E-state index in [1.165, 1.54) is 6.54 Å². The highest BCUT2D eigenvalue weighted by molar-refractivity contribution is 4.87. The van der Waals surface area contributed by atoms with Crippen LogP contribution < -0.4 is 5.32 Å². The summed E-state index contributed by atoms with van der Waals surface area (Å²) in [6, 6.07) is 0.684. The monoisotopic (exact) mass is 170 g/mol. The van der Waals surface area contributed by atoms with Gasteiger partial charge in [-0.3, -0.25) is 10.2 Å². The van der Waals surface area contributed by atoms with Gasteiger partial charge >= 0.3 is 0 Å². The molecule has 1 aliphatic heterocycles. The van der Waals surface area contributed by atoms with Crippen LogP contribution in [0.2, 0.25) is 0 Å². The molecule has 1 aliphatic rings. The van der Waals surface area contributed by atoms with E-state index in [2.05, 4.69) is 44.8 Å². The number of hydrogen-bond donors (Lipinski definition) is 1. The third-order valence-corrected chi connectivity index (χ3v) is 2.71. The molecule has 0 amide bonds. The lowest BCUT2D eigenvalue weighted by molar-refractivity contribution is 0.168. The summed E-state index contributed by atoms with van der Waals surface area (Å²) in [5.41, 5.74) is 0.316. The highest BCUT2D eigenvalue weighted by Crippen LogP contribution is 2.19. The fraction of sp³-hybridized carbons (Fsp3) is 1.00. The van der Waals surface area contributed by atoms with Gasteiger partial charge in [-0.15, -0.1) is 0 Å². The van der Waals surface area contributed by atoms with Crippen molar-refractivity contribution in [1.29, 1.82) is 0 Å². The topological polar surface area (TPSA) is 15.3 Å². The summed E-state index contributed by atoms with van der Waals surface area (Å²) in [4.78, 5) is 2.50. The van der Waals surface area contributed by atoms with E-state index in [-0.39, 0.29) is 0 Å². The molecular formula is C10H22N2. The fourth-order valence-electron chi connectivity index (χ4n) is 1.55. The zero-order chi connectivity index (χ0) is 9.35. The van der Waals surface area contributed by atoms with E-state index >= 15 is 0 Å². The molecule has 1 atom stereocenters. The molecule has 1 rings (SSSR count). The summed E-state index contributed by atoms with van der Waals surface area (Å²) in [6.07, 6.45) is 0. The summed E-state index contributed by atoms with van der Waals surface area (Å²) >= 11 is 0. The van der Waals surface area contributed by atoms with Crippen molar-refractivity contribution in [1.82, 2.24) is 10.2 Å². The summed E-state index contributed by atoms with van der Waals surface area (Å²) in [5.74, 6) is 0.748. The predicted octanol–water partition coefficient (Wildman–Crippen LogP) is 1.67. The molecule has 72 valence electrons. The van der Waals surface area contributed by atoms with Crippen molar-refractivity contribution >= 4 is 0 Å². The Balaban J connectivity index is 2.46. The standard InChI is InChI=1S/C10H22N2/c1-8(2)9-6-12(7-11-9)10(3,4)5/h8-9,11H,6-7H2,1-5H3. The molecule has 0 aliphatic carbocycles. The quantitative estimate of drug-likeness (QED) is 0.644. The first kappa shape index (κ1) is 10.0. The van der Waals surface area contributed by atoms with E-state index in [1.54, 1.807) is 0 Å². The van der Waals surface area contributed by atoms with Crippen LogP contribution in [0.15, 0.2) is 0 Å². The third kappa shape index (κ3) is 2.20. The van der Waals surface area contributed by atoms with Crippen LogP contribution in [0.1, 0.15) is 34.6 Å². The first-order valence-corrected chi connectivity index (χ1v) is 4.89. The zero-order valence-corrected chi connectivity index (χ0v) is 9.02. The van der Waals surface area contributed by atoms with Crippen molar-refractivity contribution in [2.45, 2.75) is 46.2 Å². The predicted molar refractivity (Wildman–Crippen MR) is 53.1 cm³/mol. The van der Waals surface area contributed by atoms with Crippen LogP contribution in [0.25, 0.3) is 0 Å². The highest BCUT2D eigenvalue weighted by atomic mass is 15.3. The van der Waals surface area contributed by atoms with Crippen LogP contribution in [-0.2, 0) is 0 Å². The largest absolute Gasteiger partial charge is 0.300 e. The minimum absolute atomic E-state index is 0.316. The van der Waals surface area contributed by atoms with Gasteiger partial charge < -0.3 is 0 Å². The van der Waals surface area contributed by atoms with Crippen molar-refractivity contribution in [3.05, 3.63) is 0 Å². The van der Waals surface area contributed by atoms with Gasteiger partial charge in [-0.05, 0) is 26.7 Å². The van der Waals surface area contributed by atoms with Crippen molar-refractivity contribution in [3.63, 3.8) is 0 Å². The van der Waals surface area contributed by atoms with Gasteiger partial charge in [0.05, 0.1) is 0 Å². The van der Waals surface area contributed by atoms with Gasteiger partial charge in [0.2, 0.25) is 0 Å². The average Bonchev–Trinajstić information content (AvgIpc) is 2.30. The van der Waals surface area contributed by atoms with Gasteiger partial charge in [-0.25, -0.2) is 0 Å². The van der Waals surface area contributed by atoms with Crippen molar-refractivity contribution in [2.24, 2.45) is 5.92 Å². The van der Waals surface area contributed by atoms with Crippen LogP contribution in [0, 0.1) is 5.92 Å². The minimum atomic E-state index is 0.316. The van der Waals surface area contributed by atoms with Gasteiger partial charge in [-0.1, -0.05) is 13.8 Å². The maximum atomic E-state index is 3.54. The molecule has 1 saturated heterocycles. The normalized spacial score (nSPS) is 27.0. The van der Waals surface area contributed by atoms with Gasteiger partial charge in [-0.2, -0.15) is 0 Å². The summed E-state index contributed by atoms with van der Waals surface area (Å²) < 4.78 is 0. The van der Waals surface area contributed by atoms with E-state index in [0.29, 0.717) is 11.6 Å². The summed E-state index contributed by atoms with van der Waals surface area (Å²) in [7, 11) is 0. The van der Waals surface area contributed by atoms with Crippen LogP contribution in [0.5, 0.6) is 0 Å². The van der Waals surface area contributed by atoms with Gasteiger partial charge in [0, 0.05) is 24.8 Å². The van der Waals surface area contributed by atoms with Crippen LogP contribution in [0.4, 0.5) is 0 Å². The Kier molecular flexibility index (Phi) is 2.79. The fourth-order valence-corrected chi connectivity index (χ4v) is 1.55. The summed E-state index contributed by atoms with van der Waals surface area (Å²) in [5, 5.41) is 3.54. The molecular weight excluding hydrogens is 148 g/mol. The summed E-state index contributed by atoms with van der Waals surface area (Å²) in [6.45, 7) is 13.6. The SMILES string of the molecule is CC(C)C1CN(C(C)(C)C)CN1. The maximum absolute atomic E-state index is 3.54. The van der Waals surface area contributed by atoms with E-state index in [9.17, 15) is 0 Å². The van der Waals surface area contributed by atoms with Crippen molar-refractivity contribution in [2.75, 3.05) is 13.2 Å². The molecule has 0 spiro atoms. The van der Waals surface area contributed by atoms with Crippen molar-refractivity contribution < 1.29 is 0 Å². The Morgan fingerprint density at radius 3 is 2.17 bits per heavy atom. The number of rotatable bonds is 1. The van der Waals surface area contributed by atoms with Crippen LogP contribution >= 0.6 is 0 Å². The molecule has 0 radical (unpaired) electrons. The second kappa shape index (κ2) is 3.35. The van der Waals surface area contributed by atoms with E-state index in [0.717, 1.165) is 12.6 Å². The molecule has 1 unspecified atom stereocenters. The van der Waals surface area contributed by atoms with Crippen LogP contribution in [0.3, 0.4) is 0 Å². The second-order valence-electron chi connectivity index (χ2n) is 5.11. The zero-order valence-electron chi connectivity index (χ0n) is 9.02. The molecule has 0 aromatic carbocycles. The molecule has 0 aromatic heterocycles. The molecule has 0 aromatic rings. The molecule has 0 bridgehead atoms. The third-order valence-electron chi connectivity index (χ3n) is 2.71. The molecule has 2 heteroatoms. The average molecular weight is 170 g/mol. The van der Waals surface area contributed by atoms with E-state index in [4.69, 9.17) is 0 Å². The Bertz CT molecular complexity index is 146.